The molecule has 0 spiro atoms. The van der Waals surface area contributed by atoms with Crippen LogP contribution in [0.4, 0.5) is 0 Å². The van der Waals surface area contributed by atoms with Gasteiger partial charge in [0.25, 0.3) is 5.91 Å². The zero-order valence-corrected chi connectivity index (χ0v) is 12.5. The lowest BCUT2D eigenvalue weighted by molar-refractivity contribution is 0.0942. The van der Waals surface area contributed by atoms with E-state index in [-0.39, 0.29) is 11.6 Å². The zero-order chi connectivity index (χ0) is 16.1. The smallest absolute Gasteiger partial charge is 0.273 e. The molecule has 0 aliphatic rings. The van der Waals surface area contributed by atoms with E-state index in [0.29, 0.717) is 12.3 Å². The summed E-state index contributed by atoms with van der Waals surface area (Å²) in [6, 6.07) is 12.7. The third-order valence-corrected chi connectivity index (χ3v) is 3.28. The molecule has 0 atom stereocenters. The van der Waals surface area contributed by atoms with E-state index in [1.807, 2.05) is 30.3 Å². The summed E-state index contributed by atoms with van der Waals surface area (Å²) < 4.78 is 10.3. The summed E-state index contributed by atoms with van der Waals surface area (Å²) in [5.74, 6) is 0.952. The minimum absolute atomic E-state index is 0.228. The lowest BCUT2D eigenvalue weighted by atomic mass is 10.2. The molecule has 2 aromatic heterocycles. The molecule has 1 amide bonds. The maximum absolute atomic E-state index is 12.1. The normalized spacial score (nSPS) is 10.3. The molecule has 0 aliphatic heterocycles. The average Bonchev–Trinajstić information content (AvgIpc) is 3.11. The number of carbonyl (C=O) groups is 1. The number of hydrogen-bond acceptors (Lipinski definition) is 5. The lowest BCUT2D eigenvalue weighted by Crippen LogP contribution is -2.23. The molecule has 1 aromatic carbocycles. The topological polar surface area (TPSA) is 77.2 Å². The molecule has 0 bridgehead atoms. The Morgan fingerprint density at radius 2 is 2.17 bits per heavy atom. The molecule has 0 aliphatic carbocycles. The molecule has 0 unspecified atom stereocenters. The fourth-order valence-corrected chi connectivity index (χ4v) is 2.08. The van der Waals surface area contributed by atoms with Crippen molar-refractivity contribution in [1.82, 2.24) is 15.5 Å². The van der Waals surface area contributed by atoms with Crippen molar-refractivity contribution in [3.05, 3.63) is 66.1 Å². The lowest BCUT2D eigenvalue weighted by Gasteiger charge is -2.05. The summed E-state index contributed by atoms with van der Waals surface area (Å²) in [6.07, 6.45) is 3.32. The van der Waals surface area contributed by atoms with E-state index in [4.69, 9.17) is 9.26 Å². The third kappa shape index (κ3) is 3.55. The number of methoxy groups -OCH3 is 1. The van der Waals surface area contributed by atoms with Crippen LogP contribution in [0.3, 0.4) is 0 Å². The van der Waals surface area contributed by atoms with E-state index in [9.17, 15) is 4.79 Å². The van der Waals surface area contributed by atoms with Gasteiger partial charge in [-0.15, -0.1) is 0 Å². The summed E-state index contributed by atoms with van der Waals surface area (Å²) in [5.41, 5.74) is 1.94. The number of nitrogens with zero attached hydrogens (tertiary/aromatic N) is 2. The number of pyridine rings is 1. The molecule has 0 saturated heterocycles. The van der Waals surface area contributed by atoms with E-state index >= 15 is 0 Å². The fourth-order valence-electron chi connectivity index (χ4n) is 2.08. The monoisotopic (exact) mass is 309 g/mol. The van der Waals surface area contributed by atoms with Crippen molar-refractivity contribution in [2.45, 2.75) is 6.54 Å². The third-order valence-electron chi connectivity index (χ3n) is 3.28. The Kier molecular flexibility index (Phi) is 4.33. The van der Waals surface area contributed by atoms with Gasteiger partial charge >= 0.3 is 0 Å². The highest BCUT2D eigenvalue weighted by Gasteiger charge is 2.13. The van der Waals surface area contributed by atoms with E-state index in [0.717, 1.165) is 16.9 Å². The summed E-state index contributed by atoms with van der Waals surface area (Å²) in [6.45, 7) is 0.380. The van der Waals surface area contributed by atoms with Crippen molar-refractivity contribution in [3.8, 4) is 17.1 Å². The van der Waals surface area contributed by atoms with Crippen LogP contribution >= 0.6 is 0 Å². The number of benzene rings is 1. The minimum atomic E-state index is -0.299. The summed E-state index contributed by atoms with van der Waals surface area (Å²) >= 11 is 0. The van der Waals surface area contributed by atoms with Crippen LogP contribution in [0.5, 0.6) is 5.75 Å². The summed E-state index contributed by atoms with van der Waals surface area (Å²) in [7, 11) is 1.60. The highest BCUT2D eigenvalue weighted by Crippen LogP contribution is 2.19. The molecule has 3 aromatic rings. The SMILES string of the molecule is COc1cccc(CNC(=O)c2cc(-c3cccnc3)on2)c1. The first-order chi connectivity index (χ1) is 11.3. The number of nitrogens with one attached hydrogen (secondary N) is 1. The molecule has 116 valence electrons. The van der Waals surface area contributed by atoms with Crippen molar-refractivity contribution in [2.24, 2.45) is 0 Å². The predicted octanol–water partition coefficient (Wildman–Crippen LogP) is 2.68. The number of hydrogen-bond donors (Lipinski definition) is 1. The summed E-state index contributed by atoms with van der Waals surface area (Å²) in [5, 5.41) is 6.60. The average molecular weight is 309 g/mol. The number of aromatic nitrogens is 2. The van der Waals surface area contributed by atoms with Crippen LogP contribution in [0.25, 0.3) is 11.3 Å². The van der Waals surface area contributed by atoms with Crippen LogP contribution in [0, 0.1) is 0 Å². The molecular formula is C17H15N3O3. The Labute approximate surface area is 133 Å². The van der Waals surface area contributed by atoms with Crippen molar-refractivity contribution >= 4 is 5.91 Å². The molecule has 0 fully saturated rings. The molecule has 6 heteroatoms. The van der Waals surface area contributed by atoms with Gasteiger partial charge in [0.1, 0.15) is 5.75 Å². The number of rotatable bonds is 5. The summed E-state index contributed by atoms with van der Waals surface area (Å²) in [4.78, 5) is 16.1. The van der Waals surface area contributed by atoms with Crippen molar-refractivity contribution in [2.75, 3.05) is 7.11 Å². The molecule has 0 saturated carbocycles. The van der Waals surface area contributed by atoms with Gasteiger partial charge < -0.3 is 14.6 Å². The first-order valence-electron chi connectivity index (χ1n) is 7.04. The molecule has 2 heterocycles. The standard InChI is InChI=1S/C17H15N3O3/c1-22-14-6-2-4-12(8-14)10-19-17(21)15-9-16(23-20-15)13-5-3-7-18-11-13/h2-9,11H,10H2,1H3,(H,19,21). The maximum Gasteiger partial charge on any atom is 0.273 e. The molecule has 3 rings (SSSR count). The Hall–Kier alpha value is -3.15. The first-order valence-corrected chi connectivity index (χ1v) is 7.04. The Morgan fingerprint density at radius 3 is 2.96 bits per heavy atom. The van der Waals surface area contributed by atoms with Crippen molar-refractivity contribution in [1.29, 1.82) is 0 Å². The van der Waals surface area contributed by atoms with Crippen molar-refractivity contribution < 1.29 is 14.1 Å². The van der Waals surface area contributed by atoms with Gasteiger partial charge in [0, 0.05) is 30.6 Å². The van der Waals surface area contributed by atoms with Crippen LogP contribution in [0.1, 0.15) is 16.1 Å². The number of carbonyl (C=O) groups excluding carboxylic acids is 1. The Balaban J connectivity index is 1.66. The Morgan fingerprint density at radius 1 is 1.26 bits per heavy atom. The zero-order valence-electron chi connectivity index (χ0n) is 12.5. The van der Waals surface area contributed by atoms with Crippen LogP contribution in [-0.4, -0.2) is 23.2 Å². The highest BCUT2D eigenvalue weighted by molar-refractivity contribution is 5.93. The molecule has 0 radical (unpaired) electrons. The van der Waals surface area contributed by atoms with Gasteiger partial charge in [-0.05, 0) is 29.8 Å². The van der Waals surface area contributed by atoms with E-state index < -0.39 is 0 Å². The first kappa shape index (κ1) is 14.8. The Bertz CT molecular complexity index is 800. The van der Waals surface area contributed by atoms with E-state index in [2.05, 4.69) is 15.5 Å². The van der Waals surface area contributed by atoms with Crippen LogP contribution in [0.2, 0.25) is 0 Å². The van der Waals surface area contributed by atoms with Gasteiger partial charge in [0.15, 0.2) is 11.5 Å². The highest BCUT2D eigenvalue weighted by atomic mass is 16.5. The van der Waals surface area contributed by atoms with Crippen molar-refractivity contribution in [3.63, 3.8) is 0 Å². The molecule has 1 N–H and O–H groups in total. The van der Waals surface area contributed by atoms with Gasteiger partial charge in [0.05, 0.1) is 7.11 Å². The molecule has 6 nitrogen and oxygen atoms in total. The largest absolute Gasteiger partial charge is 0.497 e. The van der Waals surface area contributed by atoms with Gasteiger partial charge in [-0.3, -0.25) is 9.78 Å². The van der Waals surface area contributed by atoms with Gasteiger partial charge in [-0.1, -0.05) is 17.3 Å². The predicted molar refractivity (Wildman–Crippen MR) is 83.9 cm³/mol. The minimum Gasteiger partial charge on any atom is -0.497 e. The van der Waals surface area contributed by atoms with Crippen LogP contribution in [-0.2, 0) is 6.54 Å². The maximum atomic E-state index is 12.1. The van der Waals surface area contributed by atoms with Gasteiger partial charge in [-0.25, -0.2) is 0 Å². The number of ether oxygens (including phenoxy) is 1. The number of amides is 1. The quantitative estimate of drug-likeness (QED) is 0.784. The van der Waals surface area contributed by atoms with E-state index in [1.54, 1.807) is 31.6 Å². The second kappa shape index (κ2) is 6.74. The van der Waals surface area contributed by atoms with Gasteiger partial charge in [0.2, 0.25) is 0 Å². The van der Waals surface area contributed by atoms with Crippen LogP contribution in [0.15, 0.2) is 59.4 Å². The van der Waals surface area contributed by atoms with E-state index in [1.165, 1.54) is 0 Å². The van der Waals surface area contributed by atoms with Crippen LogP contribution < -0.4 is 10.1 Å². The van der Waals surface area contributed by atoms with Gasteiger partial charge in [-0.2, -0.15) is 0 Å². The fraction of sp³-hybridized carbons (Fsp3) is 0.118. The second-order valence-corrected chi connectivity index (χ2v) is 4.85. The molecule has 23 heavy (non-hydrogen) atoms. The second-order valence-electron chi connectivity index (χ2n) is 4.85. The molecular weight excluding hydrogens is 294 g/mol.